The van der Waals surface area contributed by atoms with Gasteiger partial charge in [-0.25, -0.2) is 0 Å². The van der Waals surface area contributed by atoms with E-state index >= 15 is 0 Å². The topological polar surface area (TPSA) is 68.3 Å². The Kier molecular flexibility index (Phi) is 4.98. The van der Waals surface area contributed by atoms with Crippen molar-refractivity contribution in [2.24, 2.45) is 0 Å². The number of esters is 1. The van der Waals surface area contributed by atoms with E-state index < -0.39 is 5.97 Å². The summed E-state index contributed by atoms with van der Waals surface area (Å²) < 4.78 is 4.38. The van der Waals surface area contributed by atoms with Gasteiger partial charge in [-0.1, -0.05) is 6.07 Å². The van der Waals surface area contributed by atoms with Crippen LogP contribution >= 0.6 is 0 Å². The smallest absolute Gasteiger partial charge is 0.315 e. The van der Waals surface area contributed by atoms with Crippen LogP contribution in [-0.2, 0) is 20.7 Å². The minimum Gasteiger partial charge on any atom is -0.469 e. The summed E-state index contributed by atoms with van der Waals surface area (Å²) >= 11 is 0. The highest BCUT2D eigenvalue weighted by atomic mass is 16.5. The fraction of sp³-hybridized carbons (Fsp3) is 0.364. The van der Waals surface area contributed by atoms with Crippen molar-refractivity contribution in [3.63, 3.8) is 0 Å². The Morgan fingerprint density at radius 2 is 2.31 bits per heavy atom. The van der Waals surface area contributed by atoms with Crippen LogP contribution in [0.2, 0.25) is 0 Å². The molecule has 0 aliphatic heterocycles. The molecule has 0 saturated heterocycles. The molecule has 0 radical (unpaired) electrons. The zero-order chi connectivity index (χ0) is 11.8. The van der Waals surface area contributed by atoms with Gasteiger partial charge in [0.05, 0.1) is 7.11 Å². The van der Waals surface area contributed by atoms with Gasteiger partial charge in [0.25, 0.3) is 0 Å². The second kappa shape index (κ2) is 6.55. The lowest BCUT2D eigenvalue weighted by Crippen LogP contribution is -2.28. The largest absolute Gasteiger partial charge is 0.469 e. The van der Waals surface area contributed by atoms with Gasteiger partial charge >= 0.3 is 5.97 Å². The summed E-state index contributed by atoms with van der Waals surface area (Å²) in [4.78, 5) is 25.9. The van der Waals surface area contributed by atoms with Crippen LogP contribution in [0, 0.1) is 0 Å². The Morgan fingerprint density at radius 1 is 1.50 bits per heavy atom. The van der Waals surface area contributed by atoms with Crippen molar-refractivity contribution in [1.29, 1.82) is 0 Å². The fourth-order valence-corrected chi connectivity index (χ4v) is 1.16. The maximum atomic E-state index is 11.2. The SMILES string of the molecule is COC(=O)CC(=O)NCCc1cccnc1. The van der Waals surface area contributed by atoms with E-state index in [0.717, 1.165) is 5.56 Å². The average molecular weight is 222 g/mol. The number of rotatable bonds is 5. The van der Waals surface area contributed by atoms with Crippen molar-refractivity contribution >= 4 is 11.9 Å². The van der Waals surface area contributed by atoms with Crippen molar-refractivity contribution < 1.29 is 14.3 Å². The summed E-state index contributed by atoms with van der Waals surface area (Å²) in [6.45, 7) is 0.488. The molecule has 1 heterocycles. The van der Waals surface area contributed by atoms with Gasteiger partial charge in [0.1, 0.15) is 6.42 Å². The second-order valence-electron chi connectivity index (χ2n) is 3.21. The molecule has 5 heteroatoms. The number of methoxy groups -OCH3 is 1. The monoisotopic (exact) mass is 222 g/mol. The third-order valence-electron chi connectivity index (χ3n) is 1.99. The number of aromatic nitrogens is 1. The van der Waals surface area contributed by atoms with E-state index in [4.69, 9.17) is 0 Å². The van der Waals surface area contributed by atoms with Crippen molar-refractivity contribution in [3.8, 4) is 0 Å². The summed E-state index contributed by atoms with van der Waals surface area (Å²) in [5, 5.41) is 2.63. The third kappa shape index (κ3) is 4.54. The molecular weight excluding hydrogens is 208 g/mol. The number of carbonyl (C=O) groups excluding carboxylic acids is 2. The summed E-state index contributed by atoms with van der Waals surface area (Å²) in [6.07, 6.45) is 3.90. The summed E-state index contributed by atoms with van der Waals surface area (Å²) in [5.74, 6) is -0.852. The Balaban J connectivity index is 2.21. The number of hydrogen-bond acceptors (Lipinski definition) is 4. The van der Waals surface area contributed by atoms with E-state index in [1.807, 2.05) is 12.1 Å². The van der Waals surface area contributed by atoms with Crippen LogP contribution < -0.4 is 5.32 Å². The molecule has 0 fully saturated rings. The van der Waals surface area contributed by atoms with E-state index in [1.165, 1.54) is 7.11 Å². The molecule has 0 unspecified atom stereocenters. The van der Waals surface area contributed by atoms with E-state index in [1.54, 1.807) is 12.4 Å². The van der Waals surface area contributed by atoms with Crippen LogP contribution in [0.3, 0.4) is 0 Å². The van der Waals surface area contributed by atoms with Crippen molar-refractivity contribution in [2.45, 2.75) is 12.8 Å². The molecule has 1 aromatic heterocycles. The Labute approximate surface area is 93.8 Å². The molecule has 0 aromatic carbocycles. The Bertz CT molecular complexity index is 352. The number of nitrogens with zero attached hydrogens (tertiary/aromatic N) is 1. The van der Waals surface area contributed by atoms with E-state index in [0.29, 0.717) is 13.0 Å². The van der Waals surface area contributed by atoms with E-state index in [2.05, 4.69) is 15.0 Å². The number of hydrogen-bond donors (Lipinski definition) is 1. The summed E-state index contributed by atoms with van der Waals surface area (Å²) in [7, 11) is 1.26. The highest BCUT2D eigenvalue weighted by molar-refractivity contribution is 5.94. The molecule has 1 aromatic rings. The van der Waals surface area contributed by atoms with Crippen LogP contribution in [-0.4, -0.2) is 30.5 Å². The number of nitrogens with one attached hydrogen (secondary N) is 1. The highest BCUT2D eigenvalue weighted by Gasteiger charge is 2.07. The molecule has 0 aliphatic rings. The van der Waals surface area contributed by atoms with E-state index in [-0.39, 0.29) is 12.3 Å². The minimum absolute atomic E-state index is 0.233. The summed E-state index contributed by atoms with van der Waals surface area (Å²) in [6, 6.07) is 3.77. The maximum absolute atomic E-state index is 11.2. The molecule has 1 N–H and O–H groups in total. The second-order valence-corrected chi connectivity index (χ2v) is 3.21. The normalized spacial score (nSPS) is 9.56. The molecule has 0 bridgehead atoms. The van der Waals surface area contributed by atoms with Crippen LogP contribution in [0.15, 0.2) is 24.5 Å². The molecule has 1 rings (SSSR count). The average Bonchev–Trinajstić information content (AvgIpc) is 2.30. The standard InChI is InChI=1S/C11H14N2O3/c1-16-11(15)7-10(14)13-6-4-9-3-2-5-12-8-9/h2-3,5,8H,4,6-7H2,1H3,(H,13,14). The van der Waals surface area contributed by atoms with Crippen molar-refractivity contribution in [3.05, 3.63) is 30.1 Å². The zero-order valence-corrected chi connectivity index (χ0v) is 9.10. The lowest BCUT2D eigenvalue weighted by molar-refractivity contribution is -0.143. The van der Waals surface area contributed by atoms with E-state index in [9.17, 15) is 9.59 Å². The van der Waals surface area contributed by atoms with Gasteiger partial charge in [0.2, 0.25) is 5.91 Å². The fourth-order valence-electron chi connectivity index (χ4n) is 1.16. The quantitative estimate of drug-likeness (QED) is 0.575. The lowest BCUT2D eigenvalue weighted by atomic mass is 10.2. The van der Waals surface area contributed by atoms with Crippen LogP contribution in [0.4, 0.5) is 0 Å². The van der Waals surface area contributed by atoms with Gasteiger partial charge in [-0.2, -0.15) is 0 Å². The first-order valence-corrected chi connectivity index (χ1v) is 4.95. The number of pyridine rings is 1. The minimum atomic E-state index is -0.529. The zero-order valence-electron chi connectivity index (χ0n) is 9.10. The van der Waals surface area contributed by atoms with Gasteiger partial charge in [-0.05, 0) is 18.1 Å². The molecule has 0 spiro atoms. The lowest BCUT2D eigenvalue weighted by Gasteiger charge is -2.03. The number of ether oxygens (including phenoxy) is 1. The van der Waals surface area contributed by atoms with Crippen LogP contribution in [0.5, 0.6) is 0 Å². The summed E-state index contributed by atoms with van der Waals surface area (Å²) in [5.41, 5.74) is 1.04. The van der Waals surface area contributed by atoms with Gasteiger partial charge in [0, 0.05) is 18.9 Å². The van der Waals surface area contributed by atoms with Gasteiger partial charge in [-0.15, -0.1) is 0 Å². The highest BCUT2D eigenvalue weighted by Crippen LogP contribution is 1.95. The molecular formula is C11H14N2O3. The Hall–Kier alpha value is -1.91. The number of amides is 1. The first-order chi connectivity index (χ1) is 7.72. The number of carbonyl (C=O) groups is 2. The Morgan fingerprint density at radius 3 is 2.94 bits per heavy atom. The molecule has 16 heavy (non-hydrogen) atoms. The molecule has 1 amide bonds. The predicted octanol–water partition coefficient (Wildman–Crippen LogP) is 0.303. The van der Waals surface area contributed by atoms with Crippen LogP contribution in [0.25, 0.3) is 0 Å². The molecule has 5 nitrogen and oxygen atoms in total. The molecule has 86 valence electrons. The van der Waals surface area contributed by atoms with Gasteiger partial charge < -0.3 is 10.1 Å². The van der Waals surface area contributed by atoms with Crippen LogP contribution in [0.1, 0.15) is 12.0 Å². The predicted molar refractivity (Wildman–Crippen MR) is 57.6 cm³/mol. The van der Waals surface area contributed by atoms with Crippen molar-refractivity contribution in [2.75, 3.05) is 13.7 Å². The first-order valence-electron chi connectivity index (χ1n) is 4.95. The molecule has 0 saturated carbocycles. The first kappa shape index (κ1) is 12.2. The maximum Gasteiger partial charge on any atom is 0.315 e. The van der Waals surface area contributed by atoms with Crippen molar-refractivity contribution in [1.82, 2.24) is 10.3 Å². The third-order valence-corrected chi connectivity index (χ3v) is 1.99. The molecule has 0 aliphatic carbocycles. The van der Waals surface area contributed by atoms with Gasteiger partial charge in [-0.3, -0.25) is 14.6 Å². The molecule has 0 atom stereocenters. The van der Waals surface area contributed by atoms with Gasteiger partial charge in [0.15, 0.2) is 0 Å².